The van der Waals surface area contributed by atoms with E-state index in [1.165, 1.54) is 0 Å². The lowest BCUT2D eigenvalue weighted by Crippen LogP contribution is -2.31. The van der Waals surface area contributed by atoms with Gasteiger partial charge < -0.3 is 10.6 Å². The summed E-state index contributed by atoms with van der Waals surface area (Å²) in [4.78, 5) is 13.6. The summed E-state index contributed by atoms with van der Waals surface area (Å²) in [5, 5.41) is 0.833. The Kier molecular flexibility index (Phi) is 5.25. The minimum Gasteiger partial charge on any atom is -0.342 e. The van der Waals surface area contributed by atoms with Crippen LogP contribution in [-0.2, 0) is 0 Å². The van der Waals surface area contributed by atoms with E-state index in [-0.39, 0.29) is 11.9 Å². The van der Waals surface area contributed by atoms with Gasteiger partial charge in [-0.05, 0) is 31.5 Å². The molecule has 3 nitrogen and oxygen atoms in total. The van der Waals surface area contributed by atoms with Gasteiger partial charge in [-0.25, -0.2) is 0 Å². The van der Waals surface area contributed by atoms with E-state index in [9.17, 15) is 4.79 Å². The van der Waals surface area contributed by atoms with Crippen LogP contribution in [-0.4, -0.2) is 30.4 Å². The van der Waals surface area contributed by atoms with E-state index in [1.807, 2.05) is 6.92 Å². The van der Waals surface area contributed by atoms with Crippen LogP contribution < -0.4 is 5.73 Å². The topological polar surface area (TPSA) is 46.3 Å². The van der Waals surface area contributed by atoms with Gasteiger partial charge in [-0.1, -0.05) is 23.2 Å². The SMILES string of the molecule is CC(N)CCN(C)C(=O)c1ccc(Cl)c(Cl)c1. The van der Waals surface area contributed by atoms with Crippen LogP contribution in [0.4, 0.5) is 0 Å². The Balaban J connectivity index is 2.71. The number of nitrogens with two attached hydrogens (primary N) is 1. The first-order valence-corrected chi connectivity index (χ1v) is 6.13. The van der Waals surface area contributed by atoms with Crippen molar-refractivity contribution < 1.29 is 4.79 Å². The number of nitrogens with zero attached hydrogens (tertiary/aromatic N) is 1. The number of carbonyl (C=O) groups excluding carboxylic acids is 1. The van der Waals surface area contributed by atoms with Gasteiger partial charge in [-0.2, -0.15) is 0 Å². The number of carbonyl (C=O) groups is 1. The highest BCUT2D eigenvalue weighted by molar-refractivity contribution is 6.42. The van der Waals surface area contributed by atoms with Gasteiger partial charge >= 0.3 is 0 Å². The quantitative estimate of drug-likeness (QED) is 0.918. The van der Waals surface area contributed by atoms with Crippen molar-refractivity contribution in [3.05, 3.63) is 33.8 Å². The van der Waals surface area contributed by atoms with Crippen LogP contribution in [0.2, 0.25) is 10.0 Å². The van der Waals surface area contributed by atoms with Crippen LogP contribution in [0.1, 0.15) is 23.7 Å². The fourth-order valence-electron chi connectivity index (χ4n) is 1.35. The lowest BCUT2D eigenvalue weighted by Gasteiger charge is -2.18. The fraction of sp³-hybridized carbons (Fsp3) is 0.417. The van der Waals surface area contributed by atoms with Gasteiger partial charge in [0.05, 0.1) is 10.0 Å². The molecule has 0 saturated heterocycles. The molecule has 5 heteroatoms. The average molecular weight is 275 g/mol. The number of benzene rings is 1. The second kappa shape index (κ2) is 6.24. The molecule has 0 bridgehead atoms. The van der Waals surface area contributed by atoms with Crippen molar-refractivity contribution >= 4 is 29.1 Å². The minimum atomic E-state index is -0.0794. The summed E-state index contributed by atoms with van der Waals surface area (Å²) in [6, 6.07) is 4.95. The molecule has 1 amide bonds. The molecule has 0 aliphatic rings. The van der Waals surface area contributed by atoms with E-state index in [2.05, 4.69) is 0 Å². The van der Waals surface area contributed by atoms with Crippen molar-refractivity contribution in [1.29, 1.82) is 0 Å². The van der Waals surface area contributed by atoms with E-state index in [1.54, 1.807) is 30.1 Å². The predicted molar refractivity (Wildman–Crippen MR) is 71.7 cm³/mol. The van der Waals surface area contributed by atoms with Crippen LogP contribution in [0.5, 0.6) is 0 Å². The molecule has 1 aromatic rings. The first-order valence-electron chi connectivity index (χ1n) is 5.38. The van der Waals surface area contributed by atoms with E-state index in [0.717, 1.165) is 6.42 Å². The molecule has 0 aromatic heterocycles. The Bertz CT molecular complexity index is 407. The molecule has 17 heavy (non-hydrogen) atoms. The summed E-state index contributed by atoms with van der Waals surface area (Å²) in [6.45, 7) is 2.54. The molecule has 0 aliphatic carbocycles. The highest BCUT2D eigenvalue weighted by Crippen LogP contribution is 2.23. The molecule has 0 spiro atoms. The molecule has 2 N–H and O–H groups in total. The van der Waals surface area contributed by atoms with Crippen molar-refractivity contribution in [2.75, 3.05) is 13.6 Å². The van der Waals surface area contributed by atoms with Crippen LogP contribution in [0.15, 0.2) is 18.2 Å². The summed E-state index contributed by atoms with van der Waals surface area (Å²) in [7, 11) is 1.74. The third-order valence-electron chi connectivity index (χ3n) is 2.43. The maximum absolute atomic E-state index is 12.0. The Labute approximate surface area is 111 Å². The molecule has 0 saturated carbocycles. The largest absolute Gasteiger partial charge is 0.342 e. The van der Waals surface area contributed by atoms with E-state index >= 15 is 0 Å². The van der Waals surface area contributed by atoms with Crippen LogP contribution >= 0.6 is 23.2 Å². The molecule has 1 atom stereocenters. The van der Waals surface area contributed by atoms with E-state index < -0.39 is 0 Å². The van der Waals surface area contributed by atoms with Gasteiger partial charge in [0.25, 0.3) is 5.91 Å². The van der Waals surface area contributed by atoms with Gasteiger partial charge in [0.1, 0.15) is 0 Å². The normalized spacial score (nSPS) is 12.3. The maximum Gasteiger partial charge on any atom is 0.253 e. The summed E-state index contributed by atoms with van der Waals surface area (Å²) in [6.07, 6.45) is 0.767. The van der Waals surface area contributed by atoms with Crippen molar-refractivity contribution in [2.24, 2.45) is 5.73 Å². The van der Waals surface area contributed by atoms with Crippen LogP contribution in [0, 0.1) is 0 Å². The van der Waals surface area contributed by atoms with Gasteiger partial charge in [0.15, 0.2) is 0 Å². The monoisotopic (exact) mass is 274 g/mol. The molecule has 0 fully saturated rings. The Hall–Kier alpha value is -0.770. The zero-order chi connectivity index (χ0) is 13.0. The third-order valence-corrected chi connectivity index (χ3v) is 3.17. The van der Waals surface area contributed by atoms with Crippen molar-refractivity contribution in [3.63, 3.8) is 0 Å². The first-order chi connectivity index (χ1) is 7.91. The zero-order valence-corrected chi connectivity index (χ0v) is 11.4. The lowest BCUT2D eigenvalue weighted by atomic mass is 10.2. The number of hydrogen-bond donors (Lipinski definition) is 1. The summed E-state index contributed by atoms with van der Waals surface area (Å²) < 4.78 is 0. The number of halogens is 2. The summed E-state index contributed by atoms with van der Waals surface area (Å²) >= 11 is 11.7. The van der Waals surface area contributed by atoms with Crippen LogP contribution in [0.25, 0.3) is 0 Å². The van der Waals surface area contributed by atoms with Gasteiger partial charge in [0, 0.05) is 25.2 Å². The van der Waals surface area contributed by atoms with E-state index in [0.29, 0.717) is 22.2 Å². The van der Waals surface area contributed by atoms with E-state index in [4.69, 9.17) is 28.9 Å². The Morgan fingerprint density at radius 3 is 2.59 bits per heavy atom. The maximum atomic E-state index is 12.0. The average Bonchev–Trinajstić information content (AvgIpc) is 2.28. The standard InChI is InChI=1S/C12H16Cl2N2O/c1-8(15)5-6-16(2)12(17)9-3-4-10(13)11(14)7-9/h3-4,7-8H,5-6,15H2,1-2H3. The summed E-state index contributed by atoms with van der Waals surface area (Å²) in [5.74, 6) is -0.0794. The van der Waals surface area contributed by atoms with Crippen molar-refractivity contribution in [2.45, 2.75) is 19.4 Å². The Morgan fingerprint density at radius 2 is 2.06 bits per heavy atom. The molecule has 1 rings (SSSR count). The molecule has 0 aliphatic heterocycles. The van der Waals surface area contributed by atoms with Crippen molar-refractivity contribution in [1.82, 2.24) is 4.90 Å². The zero-order valence-electron chi connectivity index (χ0n) is 9.91. The lowest BCUT2D eigenvalue weighted by molar-refractivity contribution is 0.0792. The van der Waals surface area contributed by atoms with Gasteiger partial charge in [-0.15, -0.1) is 0 Å². The highest BCUT2D eigenvalue weighted by atomic mass is 35.5. The van der Waals surface area contributed by atoms with Crippen LogP contribution in [0.3, 0.4) is 0 Å². The number of rotatable bonds is 4. The minimum absolute atomic E-state index is 0.0794. The molecular weight excluding hydrogens is 259 g/mol. The number of hydrogen-bond acceptors (Lipinski definition) is 2. The van der Waals surface area contributed by atoms with Gasteiger partial charge in [-0.3, -0.25) is 4.79 Å². The molecule has 0 radical (unpaired) electrons. The second-order valence-corrected chi connectivity index (χ2v) is 4.94. The molecule has 1 unspecified atom stereocenters. The molecule has 0 heterocycles. The fourth-order valence-corrected chi connectivity index (χ4v) is 1.65. The van der Waals surface area contributed by atoms with Gasteiger partial charge in [0.2, 0.25) is 0 Å². The second-order valence-electron chi connectivity index (χ2n) is 4.12. The number of amides is 1. The molecule has 1 aromatic carbocycles. The first kappa shape index (κ1) is 14.3. The smallest absolute Gasteiger partial charge is 0.253 e. The summed E-state index contributed by atoms with van der Waals surface area (Å²) in [5.41, 5.74) is 6.18. The highest BCUT2D eigenvalue weighted by Gasteiger charge is 2.13. The predicted octanol–water partition coefficient (Wildman–Crippen LogP) is 2.80. The third kappa shape index (κ3) is 4.19. The molecule has 94 valence electrons. The van der Waals surface area contributed by atoms with Crippen molar-refractivity contribution in [3.8, 4) is 0 Å². The Morgan fingerprint density at radius 1 is 1.41 bits per heavy atom. The molecular formula is C12H16Cl2N2O.